The third-order valence-corrected chi connectivity index (χ3v) is 4.46. The van der Waals surface area contributed by atoms with Crippen LogP contribution in [0.4, 0.5) is 5.82 Å². The van der Waals surface area contributed by atoms with Gasteiger partial charge < -0.3 is 14.6 Å². The Balaban J connectivity index is 1.96. The highest BCUT2D eigenvalue weighted by Gasteiger charge is 2.50. The summed E-state index contributed by atoms with van der Waals surface area (Å²) >= 11 is 0. The standard InChI is InChI=1S/C14H19N3O3/c1-2-6-16-7-5-15-12(13(16)18)17-9-3-4-11(17)10(8-9)14(19)20/h5,7,9-11H,2-4,6,8H2,1H3,(H,19,20). The van der Waals surface area contributed by atoms with Gasteiger partial charge in [-0.2, -0.15) is 0 Å². The van der Waals surface area contributed by atoms with Crippen molar-refractivity contribution in [2.24, 2.45) is 5.92 Å². The summed E-state index contributed by atoms with van der Waals surface area (Å²) in [7, 11) is 0. The van der Waals surface area contributed by atoms with E-state index in [9.17, 15) is 14.7 Å². The third-order valence-electron chi connectivity index (χ3n) is 4.46. The molecule has 3 rings (SSSR count). The second-order valence-electron chi connectivity index (χ2n) is 5.64. The van der Waals surface area contributed by atoms with Crippen LogP contribution in [0, 0.1) is 5.92 Å². The molecule has 2 aliphatic rings. The minimum Gasteiger partial charge on any atom is -0.481 e. The molecule has 3 heterocycles. The molecule has 6 nitrogen and oxygen atoms in total. The molecule has 2 aliphatic heterocycles. The van der Waals surface area contributed by atoms with Crippen LogP contribution in [0.25, 0.3) is 0 Å². The molecule has 108 valence electrons. The fourth-order valence-electron chi connectivity index (χ4n) is 3.61. The maximum Gasteiger partial charge on any atom is 0.308 e. The zero-order valence-electron chi connectivity index (χ0n) is 11.5. The Hall–Kier alpha value is -1.85. The number of rotatable bonds is 4. The predicted molar refractivity (Wildman–Crippen MR) is 73.8 cm³/mol. The number of aliphatic carboxylic acids is 1. The van der Waals surface area contributed by atoms with Crippen molar-refractivity contribution in [1.29, 1.82) is 0 Å². The highest BCUT2D eigenvalue weighted by molar-refractivity contribution is 5.73. The smallest absolute Gasteiger partial charge is 0.308 e. The van der Waals surface area contributed by atoms with Crippen molar-refractivity contribution in [3.8, 4) is 0 Å². The monoisotopic (exact) mass is 277 g/mol. The zero-order valence-corrected chi connectivity index (χ0v) is 11.5. The summed E-state index contributed by atoms with van der Waals surface area (Å²) in [5, 5.41) is 9.28. The number of fused-ring (bicyclic) bond motifs is 2. The minimum atomic E-state index is -0.757. The number of carbonyl (C=O) groups is 1. The second-order valence-corrected chi connectivity index (χ2v) is 5.64. The van der Waals surface area contributed by atoms with Crippen molar-refractivity contribution in [3.63, 3.8) is 0 Å². The fraction of sp³-hybridized carbons (Fsp3) is 0.643. The van der Waals surface area contributed by atoms with Gasteiger partial charge in [0.2, 0.25) is 0 Å². The largest absolute Gasteiger partial charge is 0.481 e. The van der Waals surface area contributed by atoms with Crippen molar-refractivity contribution >= 4 is 11.8 Å². The molecule has 0 aromatic carbocycles. The van der Waals surface area contributed by atoms with Gasteiger partial charge in [-0.15, -0.1) is 0 Å². The van der Waals surface area contributed by atoms with Crippen LogP contribution in [0.5, 0.6) is 0 Å². The molecule has 1 aromatic heterocycles. The number of carboxylic acid groups (broad SMARTS) is 1. The van der Waals surface area contributed by atoms with Crippen LogP contribution in [0.3, 0.4) is 0 Å². The first-order valence-corrected chi connectivity index (χ1v) is 7.20. The first-order valence-electron chi connectivity index (χ1n) is 7.20. The zero-order chi connectivity index (χ0) is 14.3. The summed E-state index contributed by atoms with van der Waals surface area (Å²) < 4.78 is 1.66. The van der Waals surface area contributed by atoms with E-state index in [0.717, 1.165) is 19.3 Å². The van der Waals surface area contributed by atoms with E-state index < -0.39 is 5.97 Å². The van der Waals surface area contributed by atoms with Gasteiger partial charge in [0.05, 0.1) is 5.92 Å². The Morgan fingerprint density at radius 2 is 2.30 bits per heavy atom. The van der Waals surface area contributed by atoms with E-state index in [1.54, 1.807) is 17.0 Å². The summed E-state index contributed by atoms with van der Waals surface area (Å²) in [6, 6.07) is 0.0777. The van der Waals surface area contributed by atoms with Crippen molar-refractivity contribution in [2.45, 2.75) is 51.2 Å². The lowest BCUT2D eigenvalue weighted by Crippen LogP contribution is -2.38. The Bertz CT molecular complexity index is 583. The molecule has 6 heteroatoms. The average molecular weight is 277 g/mol. The molecule has 2 saturated heterocycles. The summed E-state index contributed by atoms with van der Waals surface area (Å²) in [5.74, 6) is -0.695. The molecule has 0 amide bonds. The third kappa shape index (κ3) is 1.90. The predicted octanol–water partition coefficient (Wildman–Crippen LogP) is 1.10. The lowest BCUT2D eigenvalue weighted by molar-refractivity contribution is -0.142. The molecule has 2 bridgehead atoms. The van der Waals surface area contributed by atoms with E-state index >= 15 is 0 Å². The van der Waals surface area contributed by atoms with E-state index in [1.807, 2.05) is 11.8 Å². The summed E-state index contributed by atoms with van der Waals surface area (Å²) in [5.41, 5.74) is -0.0997. The van der Waals surface area contributed by atoms with Crippen LogP contribution in [0.1, 0.15) is 32.6 Å². The molecule has 0 aliphatic carbocycles. The van der Waals surface area contributed by atoms with Gasteiger partial charge in [-0.1, -0.05) is 6.92 Å². The topological polar surface area (TPSA) is 75.4 Å². The molecule has 0 spiro atoms. The van der Waals surface area contributed by atoms with E-state index in [0.29, 0.717) is 18.8 Å². The number of anilines is 1. The number of hydrogen-bond acceptors (Lipinski definition) is 4. The lowest BCUT2D eigenvalue weighted by atomic mass is 9.89. The minimum absolute atomic E-state index is 0.0739. The van der Waals surface area contributed by atoms with Gasteiger partial charge in [-0.3, -0.25) is 9.59 Å². The van der Waals surface area contributed by atoms with Crippen molar-refractivity contribution < 1.29 is 9.90 Å². The first kappa shape index (κ1) is 13.1. The van der Waals surface area contributed by atoms with Gasteiger partial charge in [0, 0.05) is 31.0 Å². The maximum atomic E-state index is 12.5. The quantitative estimate of drug-likeness (QED) is 0.891. The first-order chi connectivity index (χ1) is 9.63. The van der Waals surface area contributed by atoms with E-state index in [4.69, 9.17) is 0 Å². The molecule has 3 unspecified atom stereocenters. The maximum absolute atomic E-state index is 12.5. The van der Waals surface area contributed by atoms with Gasteiger partial charge in [0.15, 0.2) is 5.82 Å². The molecular formula is C14H19N3O3. The number of nitrogens with zero attached hydrogens (tertiary/aromatic N) is 3. The van der Waals surface area contributed by atoms with Gasteiger partial charge in [0.1, 0.15) is 0 Å². The molecule has 20 heavy (non-hydrogen) atoms. The number of aryl methyl sites for hydroxylation is 1. The fourth-order valence-corrected chi connectivity index (χ4v) is 3.61. The Labute approximate surface area is 117 Å². The van der Waals surface area contributed by atoms with Gasteiger partial charge in [0.25, 0.3) is 5.56 Å². The van der Waals surface area contributed by atoms with E-state index in [-0.39, 0.29) is 23.6 Å². The molecule has 3 atom stereocenters. The van der Waals surface area contributed by atoms with Crippen molar-refractivity contribution in [1.82, 2.24) is 9.55 Å². The van der Waals surface area contributed by atoms with Crippen LogP contribution in [0.2, 0.25) is 0 Å². The molecule has 1 N–H and O–H groups in total. The molecule has 2 fully saturated rings. The molecule has 0 radical (unpaired) electrons. The highest BCUT2D eigenvalue weighted by atomic mass is 16.4. The lowest BCUT2D eigenvalue weighted by Gasteiger charge is -2.23. The number of carboxylic acids is 1. The molecule has 1 aromatic rings. The Kier molecular flexibility index (Phi) is 3.23. The number of aromatic nitrogens is 2. The van der Waals surface area contributed by atoms with Crippen molar-refractivity contribution in [3.05, 3.63) is 22.7 Å². The van der Waals surface area contributed by atoms with Crippen LogP contribution < -0.4 is 10.5 Å². The number of hydrogen-bond donors (Lipinski definition) is 1. The van der Waals surface area contributed by atoms with Crippen LogP contribution in [-0.2, 0) is 11.3 Å². The van der Waals surface area contributed by atoms with E-state index in [1.165, 1.54) is 0 Å². The van der Waals surface area contributed by atoms with E-state index in [2.05, 4.69) is 4.98 Å². The highest BCUT2D eigenvalue weighted by Crippen LogP contribution is 2.42. The Morgan fingerprint density at radius 1 is 1.50 bits per heavy atom. The summed E-state index contributed by atoms with van der Waals surface area (Å²) in [6.07, 6.45) is 6.64. The summed E-state index contributed by atoms with van der Waals surface area (Å²) in [4.78, 5) is 29.9. The van der Waals surface area contributed by atoms with Gasteiger partial charge in [-0.25, -0.2) is 4.98 Å². The normalized spacial score (nSPS) is 28.1. The van der Waals surface area contributed by atoms with Gasteiger partial charge in [-0.05, 0) is 25.7 Å². The van der Waals surface area contributed by atoms with Crippen LogP contribution >= 0.6 is 0 Å². The van der Waals surface area contributed by atoms with Crippen LogP contribution in [-0.4, -0.2) is 32.7 Å². The molecule has 0 saturated carbocycles. The van der Waals surface area contributed by atoms with Crippen molar-refractivity contribution in [2.75, 3.05) is 4.90 Å². The summed E-state index contributed by atoms with van der Waals surface area (Å²) in [6.45, 7) is 2.69. The molecular weight excluding hydrogens is 258 g/mol. The average Bonchev–Trinajstić information content (AvgIpc) is 2.99. The van der Waals surface area contributed by atoms with Crippen LogP contribution in [0.15, 0.2) is 17.2 Å². The Morgan fingerprint density at radius 3 is 2.95 bits per heavy atom. The SMILES string of the molecule is CCCn1ccnc(N2C3CCC2C(C(=O)O)C3)c1=O. The second kappa shape index (κ2) is 4.92. The van der Waals surface area contributed by atoms with Gasteiger partial charge >= 0.3 is 5.97 Å².